The zero-order valence-electron chi connectivity index (χ0n) is 7.97. The van der Waals surface area contributed by atoms with Crippen LogP contribution in [0.2, 0.25) is 0 Å². The number of nitrogens with zero attached hydrogens (tertiary/aromatic N) is 1. The molecular weight excluding hydrogens is 186 g/mol. The summed E-state index contributed by atoms with van der Waals surface area (Å²) in [5.74, 6) is -0.168. The van der Waals surface area contributed by atoms with E-state index in [1.54, 1.807) is 0 Å². The number of halogens is 1. The van der Waals surface area contributed by atoms with Gasteiger partial charge in [-0.05, 0) is 25.0 Å². The molecule has 0 saturated heterocycles. The first kappa shape index (κ1) is 10.1. The van der Waals surface area contributed by atoms with Gasteiger partial charge in [0.15, 0.2) is 0 Å². The molecule has 0 N–H and O–H groups in total. The van der Waals surface area contributed by atoms with Gasteiger partial charge in [-0.15, -0.1) is 0 Å². The molecule has 0 aliphatic heterocycles. The van der Waals surface area contributed by atoms with Gasteiger partial charge in [0.1, 0.15) is 0 Å². The van der Waals surface area contributed by atoms with Crippen molar-refractivity contribution in [2.24, 2.45) is 0 Å². The van der Waals surface area contributed by atoms with Gasteiger partial charge in [0.25, 0.3) is 0 Å². The number of benzene rings is 1. The Morgan fingerprint density at radius 3 is 2.15 bits per heavy atom. The number of para-hydroxylation sites is 1. The molecule has 1 rings (SSSR count). The number of aryl methyl sites for hydroxylation is 2. The zero-order valence-corrected chi connectivity index (χ0v) is 8.72. The molecule has 13 heavy (non-hydrogen) atoms. The van der Waals surface area contributed by atoms with Gasteiger partial charge < -0.3 is 0 Å². The fraction of sp³-hybridized carbons (Fsp3) is 0.300. The van der Waals surface area contributed by atoms with E-state index in [-0.39, 0.29) is 5.91 Å². The molecule has 1 aromatic carbocycles. The minimum atomic E-state index is -0.168. The van der Waals surface area contributed by atoms with E-state index in [1.807, 2.05) is 32.0 Å². The minimum Gasteiger partial charge on any atom is -0.274 e. The van der Waals surface area contributed by atoms with E-state index in [0.29, 0.717) is 0 Å². The molecule has 0 radical (unpaired) electrons. The Morgan fingerprint density at radius 1 is 1.31 bits per heavy atom. The van der Waals surface area contributed by atoms with Crippen LogP contribution in [0.4, 0.5) is 5.69 Å². The Balaban J connectivity index is 3.20. The highest BCUT2D eigenvalue weighted by Gasteiger charge is 2.12. The largest absolute Gasteiger partial charge is 0.274 e. The molecule has 0 heterocycles. The number of carbonyl (C=O) groups is 1. The van der Waals surface area contributed by atoms with E-state index in [9.17, 15) is 4.79 Å². The van der Waals surface area contributed by atoms with Crippen LogP contribution in [0.15, 0.2) is 18.2 Å². The average molecular weight is 198 g/mol. The molecule has 0 spiro atoms. The van der Waals surface area contributed by atoms with Crippen molar-refractivity contribution in [3.8, 4) is 0 Å². The van der Waals surface area contributed by atoms with Crippen molar-refractivity contribution < 1.29 is 4.79 Å². The molecule has 0 aliphatic rings. The summed E-state index contributed by atoms with van der Waals surface area (Å²) >= 11 is 5.84. The fourth-order valence-corrected chi connectivity index (χ4v) is 1.54. The number of carbonyl (C=O) groups excluding carboxylic acids is 1. The third-order valence-corrected chi connectivity index (χ3v) is 2.32. The smallest absolute Gasteiger partial charge is 0.238 e. The second-order valence-electron chi connectivity index (χ2n) is 3.04. The average Bonchev–Trinajstić information content (AvgIpc) is 2.03. The van der Waals surface area contributed by atoms with Crippen molar-refractivity contribution in [3.63, 3.8) is 0 Å². The maximum Gasteiger partial charge on any atom is 0.238 e. The van der Waals surface area contributed by atoms with Crippen LogP contribution in [-0.2, 0) is 4.79 Å². The highest BCUT2D eigenvalue weighted by Crippen LogP contribution is 2.25. The van der Waals surface area contributed by atoms with Crippen LogP contribution in [0.1, 0.15) is 18.1 Å². The molecule has 0 aliphatic carbocycles. The molecule has 0 atom stereocenters. The van der Waals surface area contributed by atoms with Gasteiger partial charge in [-0.1, -0.05) is 18.2 Å². The molecule has 1 amide bonds. The number of amides is 1. The Labute approximate surface area is 83.2 Å². The molecule has 70 valence electrons. The predicted molar refractivity (Wildman–Crippen MR) is 54.9 cm³/mol. The minimum absolute atomic E-state index is 0.168. The quantitative estimate of drug-likeness (QED) is 0.634. The Morgan fingerprint density at radius 2 is 1.77 bits per heavy atom. The summed E-state index contributed by atoms with van der Waals surface area (Å²) in [4.78, 5) is 11.0. The van der Waals surface area contributed by atoms with Crippen molar-refractivity contribution in [3.05, 3.63) is 29.3 Å². The molecule has 2 nitrogen and oxygen atoms in total. The lowest BCUT2D eigenvalue weighted by molar-refractivity contribution is -0.115. The van der Waals surface area contributed by atoms with Gasteiger partial charge in [-0.2, -0.15) is 0 Å². The first-order valence-electron chi connectivity index (χ1n) is 4.06. The summed E-state index contributed by atoms with van der Waals surface area (Å²) in [7, 11) is 0. The van der Waals surface area contributed by atoms with Gasteiger partial charge in [-0.25, -0.2) is 4.42 Å². The SMILES string of the molecule is CC(=O)N(Cl)c1c(C)cccc1C. The van der Waals surface area contributed by atoms with E-state index in [0.717, 1.165) is 21.2 Å². The summed E-state index contributed by atoms with van der Waals surface area (Å²) in [6.07, 6.45) is 0. The summed E-state index contributed by atoms with van der Waals surface area (Å²) in [6, 6.07) is 5.81. The van der Waals surface area contributed by atoms with Crippen LogP contribution in [0.5, 0.6) is 0 Å². The van der Waals surface area contributed by atoms with E-state index < -0.39 is 0 Å². The van der Waals surface area contributed by atoms with Crippen LogP contribution in [0.25, 0.3) is 0 Å². The zero-order chi connectivity index (χ0) is 10.0. The van der Waals surface area contributed by atoms with Gasteiger partial charge in [-0.3, -0.25) is 4.79 Å². The third-order valence-electron chi connectivity index (χ3n) is 1.91. The summed E-state index contributed by atoms with van der Waals surface area (Å²) in [6.45, 7) is 5.31. The number of hydrogen-bond acceptors (Lipinski definition) is 1. The van der Waals surface area contributed by atoms with Crippen molar-refractivity contribution >= 4 is 23.4 Å². The van der Waals surface area contributed by atoms with E-state index >= 15 is 0 Å². The first-order valence-corrected chi connectivity index (χ1v) is 4.40. The van der Waals surface area contributed by atoms with Crippen molar-refractivity contribution in [1.82, 2.24) is 0 Å². The summed E-state index contributed by atoms with van der Waals surface area (Å²) < 4.78 is 1.16. The Bertz CT molecular complexity index is 315. The van der Waals surface area contributed by atoms with Crippen molar-refractivity contribution in [2.45, 2.75) is 20.8 Å². The lowest BCUT2D eigenvalue weighted by atomic mass is 10.1. The van der Waals surface area contributed by atoms with Crippen LogP contribution in [-0.4, -0.2) is 5.91 Å². The number of hydrogen-bond donors (Lipinski definition) is 0. The molecule has 0 unspecified atom stereocenters. The van der Waals surface area contributed by atoms with E-state index in [2.05, 4.69) is 0 Å². The van der Waals surface area contributed by atoms with Gasteiger partial charge >= 0.3 is 0 Å². The number of anilines is 1. The van der Waals surface area contributed by atoms with Crippen LogP contribution in [0, 0.1) is 13.8 Å². The highest BCUT2D eigenvalue weighted by molar-refractivity contribution is 6.36. The molecule has 3 heteroatoms. The fourth-order valence-electron chi connectivity index (χ4n) is 1.27. The maximum atomic E-state index is 11.0. The molecular formula is C10H12ClNO. The molecule has 0 aromatic heterocycles. The topological polar surface area (TPSA) is 20.3 Å². The first-order chi connectivity index (χ1) is 6.04. The Kier molecular flexibility index (Phi) is 2.94. The Hall–Kier alpha value is -1.02. The monoisotopic (exact) mass is 197 g/mol. The molecule has 1 aromatic rings. The van der Waals surface area contributed by atoms with Gasteiger partial charge in [0, 0.05) is 18.7 Å². The molecule has 0 bridgehead atoms. The molecule has 0 saturated carbocycles. The third kappa shape index (κ3) is 2.01. The van der Waals surface area contributed by atoms with Crippen LogP contribution < -0.4 is 4.42 Å². The normalized spacial score (nSPS) is 9.85. The maximum absolute atomic E-state index is 11.0. The molecule has 0 fully saturated rings. The second-order valence-corrected chi connectivity index (χ2v) is 3.38. The highest BCUT2D eigenvalue weighted by atomic mass is 35.5. The lowest BCUT2D eigenvalue weighted by Gasteiger charge is -2.16. The van der Waals surface area contributed by atoms with E-state index in [1.165, 1.54) is 6.92 Å². The second kappa shape index (κ2) is 3.79. The summed E-state index contributed by atoms with van der Waals surface area (Å²) in [5.41, 5.74) is 2.80. The van der Waals surface area contributed by atoms with Crippen molar-refractivity contribution in [1.29, 1.82) is 0 Å². The van der Waals surface area contributed by atoms with E-state index in [4.69, 9.17) is 11.8 Å². The van der Waals surface area contributed by atoms with Gasteiger partial charge in [0.05, 0.1) is 5.69 Å². The number of rotatable bonds is 1. The predicted octanol–water partition coefficient (Wildman–Crippen LogP) is 2.81. The van der Waals surface area contributed by atoms with Gasteiger partial charge in [0.2, 0.25) is 5.91 Å². The van der Waals surface area contributed by atoms with Crippen LogP contribution >= 0.6 is 11.8 Å². The standard InChI is InChI=1S/C10H12ClNO/c1-7-5-4-6-8(2)10(7)12(11)9(3)13/h4-6H,1-3H3. The van der Waals surface area contributed by atoms with Crippen molar-refractivity contribution in [2.75, 3.05) is 4.42 Å². The summed E-state index contributed by atoms with van der Waals surface area (Å²) in [5, 5.41) is 0. The lowest BCUT2D eigenvalue weighted by Crippen LogP contribution is -2.18. The van der Waals surface area contributed by atoms with Crippen LogP contribution in [0.3, 0.4) is 0 Å².